The molecule has 0 saturated carbocycles. The Kier molecular flexibility index (Phi) is 6.23. The monoisotopic (exact) mass is 396 g/mol. The van der Waals surface area contributed by atoms with E-state index in [-0.39, 0.29) is 12.4 Å². The molecule has 8 heteroatoms. The number of ether oxygens (including phenoxy) is 2. The quantitative estimate of drug-likeness (QED) is 0.607. The van der Waals surface area contributed by atoms with Crippen LogP contribution >= 0.6 is 0 Å². The number of halogens is 1. The molecule has 150 valence electrons. The summed E-state index contributed by atoms with van der Waals surface area (Å²) >= 11 is 0. The van der Waals surface area contributed by atoms with Gasteiger partial charge in [0, 0.05) is 12.1 Å². The number of amides is 1. The summed E-state index contributed by atoms with van der Waals surface area (Å²) in [6.45, 7) is 2.16. The highest BCUT2D eigenvalue weighted by atomic mass is 19.1. The zero-order valence-corrected chi connectivity index (χ0v) is 16.1. The van der Waals surface area contributed by atoms with Gasteiger partial charge < -0.3 is 20.5 Å². The van der Waals surface area contributed by atoms with Crippen molar-refractivity contribution >= 4 is 11.7 Å². The number of benzene rings is 2. The van der Waals surface area contributed by atoms with E-state index < -0.39 is 5.91 Å². The molecule has 0 radical (unpaired) electrons. The van der Waals surface area contributed by atoms with Crippen LogP contribution in [0.15, 0.2) is 48.5 Å². The molecule has 0 aliphatic carbocycles. The van der Waals surface area contributed by atoms with E-state index in [2.05, 4.69) is 15.5 Å². The van der Waals surface area contributed by atoms with E-state index in [1.54, 1.807) is 24.3 Å². The summed E-state index contributed by atoms with van der Waals surface area (Å²) in [6, 6.07) is 13.4. The van der Waals surface area contributed by atoms with Gasteiger partial charge in [-0.05, 0) is 48.4 Å². The Morgan fingerprint density at radius 2 is 1.97 bits per heavy atom. The van der Waals surface area contributed by atoms with Crippen LogP contribution < -0.4 is 20.5 Å². The number of nitrogens with one attached hydrogen (secondary N) is 1. The van der Waals surface area contributed by atoms with Crippen molar-refractivity contribution in [2.24, 2.45) is 5.73 Å². The van der Waals surface area contributed by atoms with Gasteiger partial charge in [0.1, 0.15) is 5.82 Å². The lowest BCUT2D eigenvalue weighted by Gasteiger charge is -2.13. The van der Waals surface area contributed by atoms with Crippen LogP contribution in [0.3, 0.4) is 0 Å². The van der Waals surface area contributed by atoms with Gasteiger partial charge in [0.25, 0.3) is 5.91 Å². The lowest BCUT2D eigenvalue weighted by atomic mass is 10.1. The van der Waals surface area contributed by atoms with Crippen molar-refractivity contribution in [2.75, 3.05) is 19.0 Å². The molecule has 0 fully saturated rings. The van der Waals surface area contributed by atoms with Crippen LogP contribution in [0.2, 0.25) is 0 Å². The molecule has 3 N–H and O–H groups in total. The maximum Gasteiger partial charge on any atom is 0.255 e. The third-order valence-electron chi connectivity index (χ3n) is 4.16. The van der Waals surface area contributed by atoms with Crippen LogP contribution in [0.1, 0.15) is 11.1 Å². The second-order valence-electron chi connectivity index (χ2n) is 6.37. The standard InChI is InChI=1S/C21H21FN4O3/c1-13-8-17(15-4-3-5-16(22)10-15)25-26-21(13)24-11-14-6-7-18(19(9-14)28-2)29-12-20(23)27/h3-10H,11-12H2,1-2H3,(H2,23,27)(H,24,26). The molecule has 3 rings (SSSR count). The highest BCUT2D eigenvalue weighted by Gasteiger charge is 2.09. The molecule has 0 unspecified atom stereocenters. The van der Waals surface area contributed by atoms with E-state index >= 15 is 0 Å². The summed E-state index contributed by atoms with van der Waals surface area (Å²) in [4.78, 5) is 10.9. The number of aryl methyl sites for hydroxylation is 1. The van der Waals surface area contributed by atoms with Gasteiger partial charge in [-0.2, -0.15) is 0 Å². The van der Waals surface area contributed by atoms with Gasteiger partial charge in [-0.25, -0.2) is 4.39 Å². The number of carbonyl (C=O) groups excluding carboxylic acids is 1. The maximum atomic E-state index is 13.4. The first-order valence-electron chi connectivity index (χ1n) is 8.88. The normalized spacial score (nSPS) is 10.4. The predicted octanol–water partition coefficient (Wildman–Crippen LogP) is 3.08. The van der Waals surface area contributed by atoms with Crippen LogP contribution in [0.5, 0.6) is 11.5 Å². The van der Waals surface area contributed by atoms with Crippen LogP contribution in [-0.4, -0.2) is 29.8 Å². The van der Waals surface area contributed by atoms with Crippen LogP contribution in [0.4, 0.5) is 10.2 Å². The zero-order valence-electron chi connectivity index (χ0n) is 16.1. The number of primary amides is 1. The predicted molar refractivity (Wildman–Crippen MR) is 107 cm³/mol. The lowest BCUT2D eigenvalue weighted by Crippen LogP contribution is -2.20. The van der Waals surface area contributed by atoms with E-state index in [0.717, 1.165) is 11.1 Å². The molecule has 0 spiro atoms. The van der Waals surface area contributed by atoms with Gasteiger partial charge in [0.2, 0.25) is 0 Å². The Hall–Kier alpha value is -3.68. The van der Waals surface area contributed by atoms with Crippen molar-refractivity contribution in [3.05, 3.63) is 65.5 Å². The van der Waals surface area contributed by atoms with Gasteiger partial charge in [-0.15, -0.1) is 10.2 Å². The SMILES string of the molecule is COc1cc(CNc2nnc(-c3cccc(F)c3)cc2C)ccc1OCC(N)=O. The first-order chi connectivity index (χ1) is 14.0. The average molecular weight is 396 g/mol. The molecule has 29 heavy (non-hydrogen) atoms. The minimum absolute atomic E-state index is 0.222. The second-order valence-corrected chi connectivity index (χ2v) is 6.37. The number of hydrogen-bond donors (Lipinski definition) is 2. The molecule has 1 heterocycles. The number of nitrogens with zero attached hydrogens (tertiary/aromatic N) is 2. The molecule has 1 amide bonds. The minimum atomic E-state index is -0.562. The Labute approximate surface area is 167 Å². The van der Waals surface area contributed by atoms with E-state index in [1.807, 2.05) is 19.1 Å². The molecular formula is C21H21FN4O3. The fraction of sp³-hybridized carbons (Fsp3) is 0.190. The molecule has 3 aromatic rings. The summed E-state index contributed by atoms with van der Waals surface area (Å²) in [5.41, 5.74) is 8.17. The smallest absolute Gasteiger partial charge is 0.255 e. The van der Waals surface area contributed by atoms with Crippen molar-refractivity contribution in [3.8, 4) is 22.8 Å². The summed E-state index contributed by atoms with van der Waals surface area (Å²) < 4.78 is 24.0. The van der Waals surface area contributed by atoms with E-state index in [0.29, 0.717) is 35.1 Å². The van der Waals surface area contributed by atoms with Crippen molar-refractivity contribution < 1.29 is 18.7 Å². The number of carbonyl (C=O) groups is 1. The summed E-state index contributed by atoms with van der Waals surface area (Å²) in [6.07, 6.45) is 0. The average Bonchev–Trinajstić information content (AvgIpc) is 2.71. The maximum absolute atomic E-state index is 13.4. The number of nitrogens with two attached hydrogens (primary N) is 1. The van der Waals surface area contributed by atoms with Gasteiger partial charge in [-0.1, -0.05) is 18.2 Å². The first kappa shape index (κ1) is 20.1. The van der Waals surface area contributed by atoms with Crippen LogP contribution in [-0.2, 0) is 11.3 Å². The minimum Gasteiger partial charge on any atom is -0.493 e. The van der Waals surface area contributed by atoms with Crippen LogP contribution in [0, 0.1) is 12.7 Å². The molecule has 1 aromatic heterocycles. The molecule has 2 aromatic carbocycles. The van der Waals surface area contributed by atoms with E-state index in [4.69, 9.17) is 15.2 Å². The fourth-order valence-electron chi connectivity index (χ4n) is 2.72. The van der Waals surface area contributed by atoms with Crippen molar-refractivity contribution in [1.29, 1.82) is 0 Å². The Morgan fingerprint density at radius 1 is 1.14 bits per heavy atom. The van der Waals surface area contributed by atoms with Gasteiger partial charge in [0.15, 0.2) is 23.9 Å². The zero-order chi connectivity index (χ0) is 20.8. The summed E-state index contributed by atoms with van der Waals surface area (Å²) in [5, 5.41) is 11.6. The Bertz CT molecular complexity index is 1030. The number of hydrogen-bond acceptors (Lipinski definition) is 6. The highest BCUT2D eigenvalue weighted by molar-refractivity contribution is 5.75. The Morgan fingerprint density at radius 3 is 2.66 bits per heavy atom. The molecule has 0 aliphatic rings. The Balaban J connectivity index is 1.70. The second kappa shape index (κ2) is 9.01. The fourth-order valence-corrected chi connectivity index (χ4v) is 2.72. The molecular weight excluding hydrogens is 375 g/mol. The van der Waals surface area contributed by atoms with E-state index in [9.17, 15) is 9.18 Å². The third kappa shape index (κ3) is 5.19. The van der Waals surface area contributed by atoms with Gasteiger partial charge in [-0.3, -0.25) is 4.79 Å². The lowest BCUT2D eigenvalue weighted by molar-refractivity contribution is -0.119. The highest BCUT2D eigenvalue weighted by Crippen LogP contribution is 2.28. The van der Waals surface area contributed by atoms with Crippen molar-refractivity contribution in [1.82, 2.24) is 10.2 Å². The number of methoxy groups -OCH3 is 1. The molecule has 0 bridgehead atoms. The van der Waals surface area contributed by atoms with Gasteiger partial charge >= 0.3 is 0 Å². The molecule has 0 aliphatic heterocycles. The number of anilines is 1. The van der Waals surface area contributed by atoms with Crippen LogP contribution in [0.25, 0.3) is 11.3 Å². The number of aromatic nitrogens is 2. The third-order valence-corrected chi connectivity index (χ3v) is 4.16. The largest absolute Gasteiger partial charge is 0.493 e. The number of rotatable bonds is 8. The van der Waals surface area contributed by atoms with Crippen molar-refractivity contribution in [2.45, 2.75) is 13.5 Å². The van der Waals surface area contributed by atoms with Crippen molar-refractivity contribution in [3.63, 3.8) is 0 Å². The topological polar surface area (TPSA) is 99.4 Å². The molecule has 0 atom stereocenters. The summed E-state index contributed by atoms with van der Waals surface area (Å²) in [5.74, 6) is 0.674. The molecule has 0 saturated heterocycles. The molecule has 7 nitrogen and oxygen atoms in total. The van der Waals surface area contributed by atoms with E-state index in [1.165, 1.54) is 19.2 Å². The summed E-state index contributed by atoms with van der Waals surface area (Å²) in [7, 11) is 1.52. The van der Waals surface area contributed by atoms with Gasteiger partial charge in [0.05, 0.1) is 12.8 Å². The first-order valence-corrected chi connectivity index (χ1v) is 8.88.